The summed E-state index contributed by atoms with van der Waals surface area (Å²) in [5, 5.41) is 9.28. The first kappa shape index (κ1) is 10.6. The van der Waals surface area contributed by atoms with Crippen LogP contribution in [0.5, 0.6) is 5.75 Å². The fourth-order valence-corrected chi connectivity index (χ4v) is 0.976. The van der Waals surface area contributed by atoms with Crippen LogP contribution >= 0.6 is 0 Å². The van der Waals surface area contributed by atoms with E-state index in [1.165, 1.54) is 0 Å². The third kappa shape index (κ3) is 2.57. The fraction of sp³-hybridized carbons (Fsp3) is 0.333. The molecular weight excluding hydrogens is 151 g/mol. The molecule has 0 saturated carbocycles. The second-order valence-corrected chi connectivity index (χ2v) is 2.71. The Morgan fingerprint density at radius 1 is 1.18 bits per heavy atom. The molecule has 1 aromatic carbocycles. The van der Waals surface area contributed by atoms with E-state index >= 15 is 0 Å². The van der Waals surface area contributed by atoms with Crippen LogP contribution in [0, 0.1) is 0 Å². The highest BCUT2D eigenvalue weighted by Gasteiger charge is 2.01. The smallest absolute Gasteiger partial charge is 0.119 e. The van der Waals surface area contributed by atoms with E-state index in [4.69, 9.17) is 0 Å². The van der Waals surface area contributed by atoms with Gasteiger partial charge in [-0.3, -0.25) is 0 Å². The third-order valence-corrected chi connectivity index (χ3v) is 1.56. The van der Waals surface area contributed by atoms with Gasteiger partial charge in [-0.25, -0.2) is 0 Å². The van der Waals surface area contributed by atoms with Crippen LogP contribution < -0.4 is 0 Å². The molecule has 2 heteroatoms. The van der Waals surface area contributed by atoms with Crippen LogP contribution in [-0.2, 0) is 0 Å². The van der Waals surface area contributed by atoms with Gasteiger partial charge >= 0.3 is 0 Å². The fourth-order valence-electron chi connectivity index (χ4n) is 0.976. The van der Waals surface area contributed by atoms with Crippen molar-refractivity contribution in [3.05, 3.63) is 29.8 Å². The number of benzene rings is 1. The molecule has 57 valence electrons. The van der Waals surface area contributed by atoms with Crippen LogP contribution in [0.4, 0.5) is 0 Å². The lowest BCUT2D eigenvalue weighted by Gasteiger charge is -2.05. The van der Waals surface area contributed by atoms with E-state index in [9.17, 15) is 5.11 Å². The lowest BCUT2D eigenvalue weighted by Crippen LogP contribution is -1.85. The van der Waals surface area contributed by atoms with E-state index < -0.39 is 0 Å². The van der Waals surface area contributed by atoms with Gasteiger partial charge in [0.1, 0.15) is 5.75 Å². The molecule has 0 bridgehead atoms. The highest BCUT2D eigenvalue weighted by atomic mass is 27.0. The highest BCUT2D eigenvalue weighted by Crippen LogP contribution is 2.23. The van der Waals surface area contributed by atoms with Crippen LogP contribution in [0.1, 0.15) is 25.3 Å². The molecule has 0 aromatic heterocycles. The number of rotatable bonds is 1. The SMILES string of the molecule is CC(C)c1ccccc1O.[Al]. The molecule has 0 spiro atoms. The van der Waals surface area contributed by atoms with Crippen molar-refractivity contribution in [2.45, 2.75) is 19.8 Å². The van der Waals surface area contributed by atoms with E-state index in [1.807, 2.05) is 18.2 Å². The molecule has 3 radical (unpaired) electrons. The first-order chi connectivity index (χ1) is 4.72. The Hall–Kier alpha value is -0.448. The average Bonchev–Trinajstić information content (AvgIpc) is 1.88. The summed E-state index contributed by atoms with van der Waals surface area (Å²) in [6, 6.07) is 7.44. The van der Waals surface area contributed by atoms with Crippen LogP contribution in [-0.4, -0.2) is 22.5 Å². The van der Waals surface area contributed by atoms with Crippen molar-refractivity contribution in [1.82, 2.24) is 0 Å². The molecular formula is C9H12AlO. The summed E-state index contributed by atoms with van der Waals surface area (Å²) < 4.78 is 0. The summed E-state index contributed by atoms with van der Waals surface area (Å²) in [4.78, 5) is 0. The molecule has 0 aliphatic rings. The van der Waals surface area contributed by atoms with Gasteiger partial charge in [0.15, 0.2) is 0 Å². The standard InChI is InChI=1S/C9H12O.Al/c1-7(2)8-5-3-4-6-9(8)10;/h3-7,10H,1-2H3;. The average molecular weight is 163 g/mol. The Bertz CT molecular complexity index is 221. The molecule has 0 aliphatic heterocycles. The Morgan fingerprint density at radius 3 is 2.09 bits per heavy atom. The second-order valence-electron chi connectivity index (χ2n) is 2.71. The minimum Gasteiger partial charge on any atom is -0.508 e. The summed E-state index contributed by atoms with van der Waals surface area (Å²) in [5.41, 5.74) is 1.02. The predicted octanol–water partition coefficient (Wildman–Crippen LogP) is 2.13. The Kier molecular flexibility index (Phi) is 4.25. The van der Waals surface area contributed by atoms with Gasteiger partial charge in [0.05, 0.1) is 0 Å². The van der Waals surface area contributed by atoms with Gasteiger partial charge in [0.25, 0.3) is 0 Å². The minimum absolute atomic E-state index is 0. The Balaban J connectivity index is 0.000001000. The number of hydrogen-bond donors (Lipinski definition) is 1. The maximum Gasteiger partial charge on any atom is 0.119 e. The number of hydrogen-bond acceptors (Lipinski definition) is 1. The lowest BCUT2D eigenvalue weighted by molar-refractivity contribution is 0.465. The van der Waals surface area contributed by atoms with Crippen molar-refractivity contribution >= 4 is 17.4 Å². The van der Waals surface area contributed by atoms with Gasteiger partial charge < -0.3 is 5.11 Å². The molecule has 0 heterocycles. The van der Waals surface area contributed by atoms with E-state index in [1.54, 1.807) is 6.07 Å². The molecule has 0 saturated heterocycles. The molecule has 1 rings (SSSR count). The zero-order valence-electron chi connectivity index (χ0n) is 6.91. The van der Waals surface area contributed by atoms with Crippen molar-refractivity contribution in [2.24, 2.45) is 0 Å². The van der Waals surface area contributed by atoms with Crippen LogP contribution in [0.15, 0.2) is 24.3 Å². The lowest BCUT2D eigenvalue weighted by atomic mass is 10.0. The topological polar surface area (TPSA) is 20.2 Å². The molecule has 0 fully saturated rings. The molecule has 1 nitrogen and oxygen atoms in total. The van der Waals surface area contributed by atoms with E-state index in [-0.39, 0.29) is 17.4 Å². The number of para-hydroxylation sites is 1. The Labute approximate surface area is 78.2 Å². The monoisotopic (exact) mass is 163 g/mol. The van der Waals surface area contributed by atoms with Crippen molar-refractivity contribution in [3.8, 4) is 5.75 Å². The van der Waals surface area contributed by atoms with Gasteiger partial charge in [-0.05, 0) is 17.5 Å². The summed E-state index contributed by atoms with van der Waals surface area (Å²) in [6.45, 7) is 4.13. The summed E-state index contributed by atoms with van der Waals surface area (Å²) in [6.07, 6.45) is 0. The van der Waals surface area contributed by atoms with E-state index in [0.717, 1.165) is 5.56 Å². The zero-order valence-corrected chi connectivity index (χ0v) is 8.07. The summed E-state index contributed by atoms with van der Waals surface area (Å²) in [7, 11) is 0. The van der Waals surface area contributed by atoms with Crippen molar-refractivity contribution < 1.29 is 5.11 Å². The van der Waals surface area contributed by atoms with Crippen LogP contribution in [0.2, 0.25) is 0 Å². The minimum atomic E-state index is 0. The number of phenols is 1. The summed E-state index contributed by atoms with van der Waals surface area (Å²) in [5.74, 6) is 0.804. The maximum atomic E-state index is 9.28. The van der Waals surface area contributed by atoms with Crippen molar-refractivity contribution in [3.63, 3.8) is 0 Å². The molecule has 11 heavy (non-hydrogen) atoms. The van der Waals surface area contributed by atoms with E-state index in [2.05, 4.69) is 13.8 Å². The third-order valence-electron chi connectivity index (χ3n) is 1.56. The van der Waals surface area contributed by atoms with Gasteiger partial charge in [0, 0.05) is 17.4 Å². The zero-order chi connectivity index (χ0) is 7.56. The number of phenolic OH excluding ortho intramolecular Hbond substituents is 1. The Morgan fingerprint density at radius 2 is 1.73 bits per heavy atom. The van der Waals surface area contributed by atoms with E-state index in [0.29, 0.717) is 11.7 Å². The molecule has 0 atom stereocenters. The first-order valence-corrected chi connectivity index (χ1v) is 3.49. The molecule has 0 unspecified atom stereocenters. The normalized spacial score (nSPS) is 9.36. The second kappa shape index (κ2) is 4.43. The van der Waals surface area contributed by atoms with Gasteiger partial charge in [0.2, 0.25) is 0 Å². The maximum absolute atomic E-state index is 9.28. The molecule has 0 aliphatic carbocycles. The van der Waals surface area contributed by atoms with Crippen molar-refractivity contribution in [2.75, 3.05) is 0 Å². The van der Waals surface area contributed by atoms with Crippen LogP contribution in [0.25, 0.3) is 0 Å². The van der Waals surface area contributed by atoms with Gasteiger partial charge in [-0.15, -0.1) is 0 Å². The first-order valence-electron chi connectivity index (χ1n) is 3.49. The van der Waals surface area contributed by atoms with Gasteiger partial charge in [-0.2, -0.15) is 0 Å². The number of aromatic hydroxyl groups is 1. The van der Waals surface area contributed by atoms with Crippen molar-refractivity contribution in [1.29, 1.82) is 0 Å². The molecule has 1 aromatic rings. The summed E-state index contributed by atoms with van der Waals surface area (Å²) >= 11 is 0. The predicted molar refractivity (Wildman–Crippen MR) is 47.9 cm³/mol. The molecule has 1 N–H and O–H groups in total. The quantitative estimate of drug-likeness (QED) is 0.629. The largest absolute Gasteiger partial charge is 0.508 e. The van der Waals surface area contributed by atoms with Crippen LogP contribution in [0.3, 0.4) is 0 Å². The highest BCUT2D eigenvalue weighted by molar-refractivity contribution is 5.75. The van der Waals surface area contributed by atoms with Gasteiger partial charge in [-0.1, -0.05) is 32.0 Å². The molecule has 0 amide bonds.